The number of rotatable bonds is 8. The van der Waals surface area contributed by atoms with Crippen molar-refractivity contribution in [2.75, 3.05) is 20.8 Å². The van der Waals surface area contributed by atoms with Crippen LogP contribution in [-0.2, 0) is 9.59 Å². The molecule has 2 aromatic carbocycles. The Bertz CT molecular complexity index is 1060. The summed E-state index contributed by atoms with van der Waals surface area (Å²) in [5.74, 6) is -1.35. The molecule has 1 unspecified atom stereocenters. The maximum absolute atomic E-state index is 13.0. The third kappa shape index (κ3) is 4.39. The van der Waals surface area contributed by atoms with E-state index in [2.05, 4.69) is 0 Å². The molecule has 0 aliphatic carbocycles. The summed E-state index contributed by atoms with van der Waals surface area (Å²) in [6, 6.07) is 8.40. The van der Waals surface area contributed by atoms with Gasteiger partial charge >= 0.3 is 0 Å². The van der Waals surface area contributed by atoms with Crippen LogP contribution in [0, 0.1) is 0 Å². The quantitative estimate of drug-likeness (QED) is 0.257. The summed E-state index contributed by atoms with van der Waals surface area (Å²) in [5, 5.41) is 21.8. The first-order valence-electron chi connectivity index (χ1n) is 10.3. The first-order chi connectivity index (χ1) is 15.3. The van der Waals surface area contributed by atoms with E-state index in [0.29, 0.717) is 34.9 Å². The highest BCUT2D eigenvalue weighted by atomic mass is 35.5. The van der Waals surface area contributed by atoms with Crippen molar-refractivity contribution in [3.8, 4) is 17.2 Å². The molecule has 1 atom stereocenters. The summed E-state index contributed by atoms with van der Waals surface area (Å²) in [7, 11) is 2.87. The number of halogens is 1. The molecule has 1 aliphatic rings. The van der Waals surface area contributed by atoms with Gasteiger partial charge in [-0.2, -0.15) is 0 Å². The number of aliphatic hydroxyl groups excluding tert-OH is 1. The molecule has 0 bridgehead atoms. The number of methoxy groups -OCH3 is 2. The van der Waals surface area contributed by atoms with Crippen LogP contribution in [0.4, 0.5) is 0 Å². The van der Waals surface area contributed by atoms with Gasteiger partial charge < -0.3 is 24.6 Å². The van der Waals surface area contributed by atoms with Gasteiger partial charge in [-0.1, -0.05) is 37.4 Å². The molecule has 32 heavy (non-hydrogen) atoms. The van der Waals surface area contributed by atoms with Crippen molar-refractivity contribution in [3.05, 3.63) is 58.1 Å². The Morgan fingerprint density at radius 1 is 1.06 bits per heavy atom. The van der Waals surface area contributed by atoms with E-state index in [0.717, 1.165) is 12.8 Å². The van der Waals surface area contributed by atoms with E-state index in [9.17, 15) is 19.8 Å². The molecule has 8 heteroatoms. The topological polar surface area (TPSA) is 96.3 Å². The van der Waals surface area contributed by atoms with Crippen molar-refractivity contribution in [2.24, 2.45) is 0 Å². The predicted molar refractivity (Wildman–Crippen MR) is 121 cm³/mol. The second kappa shape index (κ2) is 9.96. The van der Waals surface area contributed by atoms with Crippen LogP contribution in [0.5, 0.6) is 17.2 Å². The molecular weight excluding hydrogens is 434 g/mol. The van der Waals surface area contributed by atoms with E-state index in [1.165, 1.54) is 31.3 Å². The number of carbonyl (C=O) groups excluding carboxylic acids is 2. The molecule has 0 radical (unpaired) electrons. The van der Waals surface area contributed by atoms with Crippen molar-refractivity contribution in [2.45, 2.75) is 32.2 Å². The van der Waals surface area contributed by atoms with Gasteiger partial charge in [0.2, 0.25) is 0 Å². The zero-order valence-corrected chi connectivity index (χ0v) is 19.0. The van der Waals surface area contributed by atoms with Gasteiger partial charge in [0.05, 0.1) is 30.9 Å². The number of phenols is 1. The van der Waals surface area contributed by atoms with Crippen molar-refractivity contribution in [3.63, 3.8) is 0 Å². The minimum absolute atomic E-state index is 0.0551. The molecule has 0 aromatic heterocycles. The van der Waals surface area contributed by atoms with E-state index >= 15 is 0 Å². The highest BCUT2D eigenvalue weighted by molar-refractivity contribution is 6.46. The smallest absolute Gasteiger partial charge is 0.295 e. The van der Waals surface area contributed by atoms with Crippen LogP contribution in [0.2, 0.25) is 5.02 Å². The molecule has 7 nitrogen and oxygen atoms in total. The van der Waals surface area contributed by atoms with Gasteiger partial charge in [0, 0.05) is 12.1 Å². The second-order valence-corrected chi connectivity index (χ2v) is 7.89. The number of hydrogen-bond donors (Lipinski definition) is 2. The Hall–Kier alpha value is -3.19. The van der Waals surface area contributed by atoms with Crippen LogP contribution in [0.15, 0.2) is 42.0 Å². The van der Waals surface area contributed by atoms with Gasteiger partial charge in [-0.3, -0.25) is 9.59 Å². The van der Waals surface area contributed by atoms with Crippen LogP contribution < -0.4 is 9.47 Å². The molecule has 1 aliphatic heterocycles. The van der Waals surface area contributed by atoms with Crippen LogP contribution >= 0.6 is 11.6 Å². The van der Waals surface area contributed by atoms with Crippen molar-refractivity contribution in [1.82, 2.24) is 4.90 Å². The maximum atomic E-state index is 13.0. The van der Waals surface area contributed by atoms with Crippen molar-refractivity contribution < 1.29 is 29.3 Å². The number of likely N-dealkylation sites (tertiary alicyclic amines) is 1. The predicted octanol–water partition coefficient (Wildman–Crippen LogP) is 4.67. The molecular formula is C24H26ClNO6. The number of ketones is 1. The molecule has 1 amide bonds. The molecule has 1 fully saturated rings. The minimum atomic E-state index is -0.856. The summed E-state index contributed by atoms with van der Waals surface area (Å²) in [4.78, 5) is 27.4. The van der Waals surface area contributed by atoms with Gasteiger partial charge in [-0.25, -0.2) is 0 Å². The zero-order chi connectivity index (χ0) is 23.4. The summed E-state index contributed by atoms with van der Waals surface area (Å²) < 4.78 is 10.3. The maximum Gasteiger partial charge on any atom is 0.295 e. The third-order valence-electron chi connectivity index (χ3n) is 5.49. The first-order valence-corrected chi connectivity index (χ1v) is 10.7. The summed E-state index contributed by atoms with van der Waals surface area (Å²) in [6.45, 7) is 2.39. The number of aliphatic hydroxyl groups is 1. The lowest BCUT2D eigenvalue weighted by molar-refractivity contribution is -0.139. The number of nitrogens with zero attached hydrogens (tertiary/aromatic N) is 1. The Labute approximate surface area is 191 Å². The number of carbonyl (C=O) groups is 2. The number of aromatic hydroxyl groups is 1. The Kier molecular flexibility index (Phi) is 7.30. The summed E-state index contributed by atoms with van der Waals surface area (Å²) in [5.41, 5.74) is 0.724. The minimum Gasteiger partial charge on any atom is -0.507 e. The highest BCUT2D eigenvalue weighted by Crippen LogP contribution is 2.42. The fourth-order valence-corrected chi connectivity index (χ4v) is 4.02. The van der Waals surface area contributed by atoms with Crippen LogP contribution in [0.1, 0.15) is 43.4 Å². The summed E-state index contributed by atoms with van der Waals surface area (Å²) in [6.07, 6.45) is 2.54. The number of unbranched alkanes of at least 4 members (excludes halogenated alkanes) is 2. The van der Waals surface area contributed by atoms with Gasteiger partial charge in [0.25, 0.3) is 11.7 Å². The number of benzene rings is 2. The van der Waals surface area contributed by atoms with Crippen LogP contribution in [-0.4, -0.2) is 47.6 Å². The lowest BCUT2D eigenvalue weighted by Crippen LogP contribution is -2.30. The summed E-state index contributed by atoms with van der Waals surface area (Å²) >= 11 is 6.09. The number of amides is 1. The number of ether oxygens (including phenoxy) is 2. The first kappa shape index (κ1) is 23.5. The number of hydrogen-bond acceptors (Lipinski definition) is 6. The SMILES string of the molecule is CCCCCN1C(=O)C(=O)/C(=C(\O)c2ccc(Cl)c(OC)c2)C1c1ccc(OC)c(O)c1. The Morgan fingerprint density at radius 3 is 2.41 bits per heavy atom. The lowest BCUT2D eigenvalue weighted by atomic mass is 9.94. The number of Topliss-reactive ketones (excluding diaryl/α,β-unsaturated/α-hetero) is 1. The van der Waals surface area contributed by atoms with E-state index in [-0.39, 0.29) is 22.8 Å². The van der Waals surface area contributed by atoms with E-state index < -0.39 is 17.7 Å². The monoisotopic (exact) mass is 459 g/mol. The van der Waals surface area contributed by atoms with Gasteiger partial charge in [0.1, 0.15) is 11.5 Å². The molecule has 2 aromatic rings. The lowest BCUT2D eigenvalue weighted by Gasteiger charge is -2.25. The van der Waals surface area contributed by atoms with Gasteiger partial charge in [-0.15, -0.1) is 0 Å². The van der Waals surface area contributed by atoms with E-state index in [1.807, 2.05) is 6.92 Å². The Balaban J connectivity index is 2.17. The molecule has 0 spiro atoms. The zero-order valence-electron chi connectivity index (χ0n) is 18.2. The van der Waals surface area contributed by atoms with E-state index in [1.54, 1.807) is 24.3 Å². The second-order valence-electron chi connectivity index (χ2n) is 7.48. The van der Waals surface area contributed by atoms with Gasteiger partial charge in [0.15, 0.2) is 11.5 Å². The largest absolute Gasteiger partial charge is 0.507 e. The highest BCUT2D eigenvalue weighted by Gasteiger charge is 2.46. The fourth-order valence-electron chi connectivity index (χ4n) is 3.83. The molecule has 0 saturated carbocycles. The average Bonchev–Trinajstić information content (AvgIpc) is 3.04. The van der Waals surface area contributed by atoms with Gasteiger partial charge in [-0.05, 0) is 42.3 Å². The average molecular weight is 460 g/mol. The van der Waals surface area contributed by atoms with Crippen molar-refractivity contribution in [1.29, 1.82) is 0 Å². The molecule has 1 saturated heterocycles. The van der Waals surface area contributed by atoms with E-state index in [4.69, 9.17) is 21.1 Å². The standard InChI is InChI=1S/C24H26ClNO6/c1-4-5-6-11-26-21(14-8-10-18(31-2)17(27)12-14)20(23(29)24(26)30)22(28)15-7-9-16(25)19(13-15)32-3/h7-10,12-13,21,27-28H,4-6,11H2,1-3H3/b22-20-. The van der Waals surface area contributed by atoms with Crippen LogP contribution in [0.3, 0.4) is 0 Å². The normalized spacial score (nSPS) is 17.6. The third-order valence-corrected chi connectivity index (χ3v) is 5.80. The molecule has 1 heterocycles. The molecule has 3 rings (SSSR count). The van der Waals surface area contributed by atoms with Crippen LogP contribution in [0.25, 0.3) is 5.76 Å². The Morgan fingerprint density at radius 2 is 1.78 bits per heavy atom. The molecule has 2 N–H and O–H groups in total. The molecule has 170 valence electrons. The number of phenolic OH excluding ortho intramolecular Hbond substituents is 1. The van der Waals surface area contributed by atoms with Crippen molar-refractivity contribution >= 4 is 29.1 Å². The fraction of sp³-hybridized carbons (Fsp3) is 0.333.